The fourth-order valence-corrected chi connectivity index (χ4v) is 4.09. The lowest BCUT2D eigenvalue weighted by Crippen LogP contribution is -2.05. The fourth-order valence-electron chi connectivity index (χ4n) is 3.00. The first-order valence-corrected chi connectivity index (χ1v) is 9.91. The van der Waals surface area contributed by atoms with Crippen molar-refractivity contribution < 1.29 is 22.1 Å². The summed E-state index contributed by atoms with van der Waals surface area (Å²) >= 11 is -1.36. The molecule has 0 aliphatic heterocycles. The van der Waals surface area contributed by atoms with Crippen LogP contribution in [0.4, 0.5) is 17.6 Å². The Kier molecular flexibility index (Phi) is 5.06. The lowest BCUT2D eigenvalue weighted by atomic mass is 10.0. The number of hydrogen-bond acceptors (Lipinski definition) is 2. The van der Waals surface area contributed by atoms with Crippen LogP contribution in [0.2, 0.25) is 0 Å². The van der Waals surface area contributed by atoms with Crippen molar-refractivity contribution in [3.8, 4) is 11.1 Å². The van der Waals surface area contributed by atoms with E-state index in [1.807, 2.05) is 0 Å². The highest BCUT2D eigenvalue weighted by atomic mass is 32.2. The Morgan fingerprint density at radius 1 is 0.966 bits per heavy atom. The van der Waals surface area contributed by atoms with Gasteiger partial charge in [0.2, 0.25) is 0 Å². The van der Waals surface area contributed by atoms with E-state index in [2.05, 4.69) is 5.10 Å². The van der Waals surface area contributed by atoms with Crippen molar-refractivity contribution in [2.45, 2.75) is 16.8 Å². The Balaban J connectivity index is 1.63. The monoisotopic (exact) mass is 418 g/mol. The summed E-state index contributed by atoms with van der Waals surface area (Å²) in [5.41, 5.74) is 2.03. The van der Waals surface area contributed by atoms with Gasteiger partial charge >= 0.3 is 6.18 Å². The van der Waals surface area contributed by atoms with E-state index >= 15 is 0 Å². The molecule has 3 nitrogen and oxygen atoms in total. The lowest BCUT2D eigenvalue weighted by Gasteiger charge is -2.11. The Hall–Kier alpha value is -2.84. The Morgan fingerprint density at radius 3 is 2.31 bits per heavy atom. The average Bonchev–Trinajstić information content (AvgIpc) is 3.11. The third-order valence-corrected chi connectivity index (χ3v) is 5.88. The zero-order valence-electron chi connectivity index (χ0n) is 14.9. The van der Waals surface area contributed by atoms with Crippen LogP contribution in [0.5, 0.6) is 0 Å². The van der Waals surface area contributed by atoms with Gasteiger partial charge in [-0.2, -0.15) is 18.3 Å². The number of fused-ring (bicyclic) bond motifs is 1. The summed E-state index contributed by atoms with van der Waals surface area (Å²) in [5.74, 6) is -0.174. The molecule has 0 spiro atoms. The van der Waals surface area contributed by atoms with Gasteiger partial charge in [-0.3, -0.25) is 0 Å². The first-order valence-electron chi connectivity index (χ1n) is 8.59. The average molecular weight is 418 g/mol. The number of halogens is 4. The fraction of sp³-hybridized carbons (Fsp3) is 0.0952. The van der Waals surface area contributed by atoms with Crippen molar-refractivity contribution in [2.75, 3.05) is 0 Å². The highest BCUT2D eigenvalue weighted by molar-refractivity contribution is 7.90. The van der Waals surface area contributed by atoms with Gasteiger partial charge in [0.25, 0.3) is 0 Å². The molecular formula is C21H14F4N2OS. The van der Waals surface area contributed by atoms with E-state index in [0.29, 0.717) is 21.5 Å². The van der Waals surface area contributed by atoms with Crippen molar-refractivity contribution >= 4 is 16.7 Å². The first-order chi connectivity index (χ1) is 13.8. The van der Waals surface area contributed by atoms with Gasteiger partial charge in [0, 0.05) is 17.3 Å². The molecule has 0 radical (unpaired) electrons. The minimum atomic E-state index is -4.39. The largest absolute Gasteiger partial charge is 0.611 e. The third-order valence-electron chi connectivity index (χ3n) is 4.48. The van der Waals surface area contributed by atoms with Gasteiger partial charge in [-0.25, -0.2) is 8.91 Å². The van der Waals surface area contributed by atoms with Crippen LogP contribution in [0.3, 0.4) is 0 Å². The van der Waals surface area contributed by atoms with E-state index in [0.717, 1.165) is 17.7 Å². The number of nitrogens with zero attached hydrogens (tertiary/aromatic N) is 2. The molecule has 0 bridgehead atoms. The summed E-state index contributed by atoms with van der Waals surface area (Å²) in [6.07, 6.45) is -1.10. The van der Waals surface area contributed by atoms with E-state index in [1.54, 1.807) is 29.0 Å². The number of benzene rings is 2. The van der Waals surface area contributed by atoms with Gasteiger partial charge in [0.05, 0.1) is 17.3 Å². The maximum atomic E-state index is 13.0. The standard InChI is InChI=1S/C21H14F4N2OS/c22-17-5-7-18(8-6-17)29(28)13-14-9-10-27-20(11-14)19(12-26-27)15-1-3-16(4-2-15)21(23,24)25/h1-12H,13H2. The van der Waals surface area contributed by atoms with Crippen LogP contribution in [-0.2, 0) is 23.1 Å². The summed E-state index contributed by atoms with van der Waals surface area (Å²) < 4.78 is 65.6. The highest BCUT2D eigenvalue weighted by Crippen LogP contribution is 2.32. The molecule has 2 heterocycles. The number of rotatable bonds is 4. The number of hydrogen-bond donors (Lipinski definition) is 0. The van der Waals surface area contributed by atoms with E-state index in [4.69, 9.17) is 0 Å². The molecule has 0 fully saturated rings. The zero-order valence-corrected chi connectivity index (χ0v) is 15.7. The van der Waals surface area contributed by atoms with E-state index in [9.17, 15) is 22.1 Å². The van der Waals surface area contributed by atoms with Crippen LogP contribution in [0.1, 0.15) is 11.1 Å². The molecule has 0 aliphatic rings. The molecule has 0 saturated heterocycles. The summed E-state index contributed by atoms with van der Waals surface area (Å²) in [4.78, 5) is 0.516. The molecule has 8 heteroatoms. The van der Waals surface area contributed by atoms with Gasteiger partial charge in [0.15, 0.2) is 4.90 Å². The van der Waals surface area contributed by atoms with E-state index in [-0.39, 0.29) is 5.75 Å². The second kappa shape index (κ2) is 7.53. The van der Waals surface area contributed by atoms with Crippen LogP contribution in [-0.4, -0.2) is 14.2 Å². The minimum Gasteiger partial charge on any atom is -0.611 e. The molecule has 4 rings (SSSR count). The second-order valence-corrected chi connectivity index (χ2v) is 7.89. The van der Waals surface area contributed by atoms with Crippen LogP contribution in [0.25, 0.3) is 16.6 Å². The zero-order chi connectivity index (χ0) is 20.6. The lowest BCUT2D eigenvalue weighted by molar-refractivity contribution is -0.137. The molecule has 0 aliphatic carbocycles. The topological polar surface area (TPSA) is 40.4 Å². The summed E-state index contributed by atoms with van der Waals surface area (Å²) in [5, 5.41) is 4.23. The first kappa shape index (κ1) is 19.5. The molecule has 4 aromatic rings. The smallest absolute Gasteiger partial charge is 0.416 e. The molecule has 2 aromatic heterocycles. The van der Waals surface area contributed by atoms with Crippen molar-refractivity contribution in [3.63, 3.8) is 0 Å². The molecule has 1 unspecified atom stereocenters. The summed E-state index contributed by atoms with van der Waals surface area (Å²) in [6.45, 7) is 0. The van der Waals surface area contributed by atoms with Gasteiger partial charge < -0.3 is 4.55 Å². The quantitative estimate of drug-likeness (QED) is 0.326. The number of aromatic nitrogens is 2. The highest BCUT2D eigenvalue weighted by Gasteiger charge is 2.30. The Labute approximate surface area is 166 Å². The number of pyridine rings is 1. The molecule has 0 N–H and O–H groups in total. The van der Waals surface area contributed by atoms with E-state index < -0.39 is 28.7 Å². The Morgan fingerprint density at radius 2 is 1.66 bits per heavy atom. The molecular weight excluding hydrogens is 404 g/mol. The van der Waals surface area contributed by atoms with Crippen LogP contribution < -0.4 is 0 Å². The van der Waals surface area contributed by atoms with Crippen molar-refractivity contribution in [2.24, 2.45) is 0 Å². The summed E-state index contributed by atoms with van der Waals surface area (Å²) in [6, 6.07) is 13.9. The maximum Gasteiger partial charge on any atom is 0.416 e. The third kappa shape index (κ3) is 4.13. The molecule has 148 valence electrons. The molecule has 1 atom stereocenters. The van der Waals surface area contributed by atoms with Gasteiger partial charge in [0.1, 0.15) is 11.6 Å². The Bertz CT molecular complexity index is 1140. The van der Waals surface area contributed by atoms with Crippen molar-refractivity contribution in [1.82, 2.24) is 9.61 Å². The van der Waals surface area contributed by atoms with Crippen LogP contribution in [0.15, 0.2) is 78.0 Å². The predicted octanol–water partition coefficient (Wildman–Crippen LogP) is 5.47. The molecule has 0 saturated carbocycles. The minimum absolute atomic E-state index is 0.222. The summed E-state index contributed by atoms with van der Waals surface area (Å²) in [7, 11) is 0. The van der Waals surface area contributed by atoms with Crippen LogP contribution >= 0.6 is 0 Å². The number of alkyl halides is 3. The normalized spacial score (nSPS) is 13.0. The maximum absolute atomic E-state index is 13.0. The second-order valence-electron chi connectivity index (χ2n) is 6.44. The van der Waals surface area contributed by atoms with Crippen LogP contribution in [0, 0.1) is 5.82 Å². The molecule has 2 aromatic carbocycles. The van der Waals surface area contributed by atoms with Gasteiger partial charge in [-0.05, 0) is 65.3 Å². The molecule has 0 amide bonds. The predicted molar refractivity (Wildman–Crippen MR) is 102 cm³/mol. The SMILES string of the molecule is [O-][S+](Cc1ccn2ncc(-c3ccc(C(F)(F)F)cc3)c2c1)c1ccc(F)cc1. The van der Waals surface area contributed by atoms with Gasteiger partial charge in [-0.1, -0.05) is 12.1 Å². The van der Waals surface area contributed by atoms with Crippen molar-refractivity contribution in [3.05, 3.63) is 90.0 Å². The van der Waals surface area contributed by atoms with Gasteiger partial charge in [-0.15, -0.1) is 0 Å². The molecule has 29 heavy (non-hydrogen) atoms. The van der Waals surface area contributed by atoms with E-state index in [1.165, 1.54) is 36.4 Å². The van der Waals surface area contributed by atoms with Crippen molar-refractivity contribution in [1.29, 1.82) is 0 Å².